The molecule has 0 fully saturated rings. The quantitative estimate of drug-likeness (QED) is 0.0914. The Bertz CT molecular complexity index is 3860. The number of carboxylic acids is 1. The van der Waals surface area contributed by atoms with Crippen molar-refractivity contribution in [3.8, 4) is 53.9 Å². The normalized spacial score (nSPS) is 11.2. The van der Waals surface area contributed by atoms with E-state index in [2.05, 4.69) is 228 Å². The van der Waals surface area contributed by atoms with Crippen molar-refractivity contribution in [3.63, 3.8) is 0 Å². The standard InChI is InChI=1S/C36H24N2O2S.C32H24N2S/c37-24-29(36(39)40)23-25-13-15-27(16-14-25)34-21-22-35(41-34)28-17-19-31(20-18-28)38(30-9-2-1-3-10-30)33-12-6-8-26-7-4-5-11-32(26)33;1-24(23-33)22-25-12-14-26(15-13-25)31-20-21-32(35-31)27-16-18-30(19-17-27)34(28-8-4-2-5-9-28)29-10-6-3-7-11-29/h1-23H,(H,39,40);2-22H,1H3/b29-23+;24-22-. The molecule has 2 heterocycles. The van der Waals surface area contributed by atoms with Crippen LogP contribution in [0.2, 0.25) is 0 Å². The second-order valence-electron chi connectivity index (χ2n) is 17.8. The maximum absolute atomic E-state index is 11.1. The van der Waals surface area contributed by atoms with Crippen LogP contribution in [0.1, 0.15) is 18.1 Å². The first-order valence-corrected chi connectivity index (χ1v) is 26.2. The van der Waals surface area contributed by atoms with Gasteiger partial charge in [0.25, 0.3) is 0 Å². The lowest BCUT2D eigenvalue weighted by molar-refractivity contribution is -0.132. The van der Waals surface area contributed by atoms with Gasteiger partial charge in [0.1, 0.15) is 11.6 Å². The van der Waals surface area contributed by atoms with Crippen LogP contribution in [0.3, 0.4) is 0 Å². The fraction of sp³-hybridized carbons (Fsp3) is 0.0147. The minimum absolute atomic E-state index is 0.286. The lowest BCUT2D eigenvalue weighted by Crippen LogP contribution is -2.10. The summed E-state index contributed by atoms with van der Waals surface area (Å²) >= 11 is 3.49. The Balaban J connectivity index is 0.000000175. The Kier molecular flexibility index (Phi) is 15.3. The average molecular weight is 1020 g/mol. The molecule has 364 valence electrons. The van der Waals surface area contributed by atoms with E-state index < -0.39 is 5.97 Å². The van der Waals surface area contributed by atoms with Crippen molar-refractivity contribution in [1.29, 1.82) is 10.5 Å². The van der Waals surface area contributed by atoms with E-state index in [0.29, 0.717) is 11.1 Å². The molecule has 0 unspecified atom stereocenters. The van der Waals surface area contributed by atoms with Crippen LogP contribution in [0.15, 0.2) is 266 Å². The number of benzene rings is 9. The first-order chi connectivity index (χ1) is 37.3. The van der Waals surface area contributed by atoms with Crippen LogP contribution in [0.5, 0.6) is 0 Å². The van der Waals surface area contributed by atoms with Crippen molar-refractivity contribution in [1.82, 2.24) is 0 Å². The number of aliphatic carboxylic acids is 1. The van der Waals surface area contributed by atoms with Crippen LogP contribution in [0.25, 0.3) is 64.7 Å². The maximum Gasteiger partial charge on any atom is 0.346 e. The van der Waals surface area contributed by atoms with Gasteiger partial charge in [-0.1, -0.05) is 164 Å². The highest BCUT2D eigenvalue weighted by atomic mass is 32.1. The average Bonchev–Trinajstić information content (AvgIpc) is 4.19. The number of nitrogens with zero attached hydrogens (tertiary/aromatic N) is 4. The van der Waals surface area contributed by atoms with Gasteiger partial charge in [0.2, 0.25) is 0 Å². The zero-order chi connectivity index (χ0) is 52.2. The molecule has 2 aromatic heterocycles. The molecule has 0 radical (unpaired) electrons. The number of hydrogen-bond acceptors (Lipinski definition) is 7. The zero-order valence-corrected chi connectivity index (χ0v) is 43.0. The van der Waals surface area contributed by atoms with Gasteiger partial charge in [-0.05, 0) is 149 Å². The number of hydrogen-bond donors (Lipinski definition) is 1. The van der Waals surface area contributed by atoms with E-state index in [4.69, 9.17) is 15.6 Å². The Morgan fingerprint density at radius 2 is 0.776 bits per heavy atom. The van der Waals surface area contributed by atoms with Gasteiger partial charge in [-0.25, -0.2) is 4.79 Å². The molecule has 0 saturated carbocycles. The van der Waals surface area contributed by atoms with Crippen molar-refractivity contribution in [2.24, 2.45) is 0 Å². The van der Waals surface area contributed by atoms with E-state index in [9.17, 15) is 4.79 Å². The fourth-order valence-electron chi connectivity index (χ4n) is 8.93. The molecule has 0 saturated heterocycles. The summed E-state index contributed by atoms with van der Waals surface area (Å²) < 4.78 is 0. The molecule has 0 aliphatic heterocycles. The summed E-state index contributed by atoms with van der Waals surface area (Å²) in [6, 6.07) is 92.0. The molecule has 9 aromatic carbocycles. The minimum atomic E-state index is -1.23. The van der Waals surface area contributed by atoms with Crippen LogP contribution in [0.4, 0.5) is 34.1 Å². The van der Waals surface area contributed by atoms with Crippen molar-refractivity contribution < 1.29 is 9.90 Å². The molecule has 8 heteroatoms. The summed E-state index contributed by atoms with van der Waals surface area (Å²) in [5.41, 5.74) is 13.4. The number of anilines is 6. The summed E-state index contributed by atoms with van der Waals surface area (Å²) in [6.45, 7) is 1.82. The second kappa shape index (κ2) is 23.4. The topological polar surface area (TPSA) is 91.4 Å². The summed E-state index contributed by atoms with van der Waals surface area (Å²) in [7, 11) is 0. The highest BCUT2D eigenvalue weighted by molar-refractivity contribution is 7.19. The largest absolute Gasteiger partial charge is 0.477 e. The third kappa shape index (κ3) is 11.5. The molecular formula is C68H48N4O2S2. The van der Waals surface area contributed by atoms with Gasteiger partial charge in [0, 0.05) is 58.9 Å². The van der Waals surface area contributed by atoms with Gasteiger partial charge in [0.15, 0.2) is 0 Å². The van der Waals surface area contributed by atoms with Crippen molar-refractivity contribution in [2.75, 3.05) is 9.80 Å². The zero-order valence-electron chi connectivity index (χ0n) is 41.4. The molecule has 11 rings (SSSR count). The molecule has 11 aromatic rings. The molecular weight excluding hydrogens is 969 g/mol. The smallest absolute Gasteiger partial charge is 0.346 e. The van der Waals surface area contributed by atoms with E-state index in [0.717, 1.165) is 60.6 Å². The van der Waals surface area contributed by atoms with Gasteiger partial charge in [-0.15, -0.1) is 22.7 Å². The molecule has 0 aliphatic rings. The van der Waals surface area contributed by atoms with Crippen molar-refractivity contribution in [2.45, 2.75) is 6.92 Å². The number of rotatable bonds is 13. The Labute approximate surface area is 451 Å². The van der Waals surface area contributed by atoms with E-state index in [-0.39, 0.29) is 5.57 Å². The second-order valence-corrected chi connectivity index (χ2v) is 19.9. The van der Waals surface area contributed by atoms with Gasteiger partial charge >= 0.3 is 5.97 Å². The summed E-state index contributed by atoms with van der Waals surface area (Å²) in [4.78, 5) is 20.4. The molecule has 76 heavy (non-hydrogen) atoms. The van der Waals surface area contributed by atoms with Crippen LogP contribution in [-0.2, 0) is 4.79 Å². The Morgan fingerprint density at radius 3 is 1.21 bits per heavy atom. The molecule has 0 spiro atoms. The summed E-state index contributed by atoms with van der Waals surface area (Å²) in [5, 5.41) is 29.5. The number of fused-ring (bicyclic) bond motifs is 1. The predicted molar refractivity (Wildman–Crippen MR) is 318 cm³/mol. The Hall–Kier alpha value is -9.83. The lowest BCUT2D eigenvalue weighted by atomic mass is 10.1. The molecule has 1 N–H and O–H groups in total. The van der Waals surface area contributed by atoms with E-state index in [1.165, 1.54) is 37.7 Å². The van der Waals surface area contributed by atoms with Crippen LogP contribution in [-0.4, -0.2) is 11.1 Å². The van der Waals surface area contributed by atoms with Gasteiger partial charge in [-0.3, -0.25) is 0 Å². The van der Waals surface area contributed by atoms with Crippen molar-refractivity contribution >= 4 is 85.7 Å². The number of carbonyl (C=O) groups is 1. The highest BCUT2D eigenvalue weighted by Gasteiger charge is 2.17. The van der Waals surface area contributed by atoms with Crippen LogP contribution < -0.4 is 9.80 Å². The molecule has 0 aliphatic carbocycles. The molecule has 0 bridgehead atoms. The molecule has 6 nitrogen and oxygen atoms in total. The number of allylic oxidation sites excluding steroid dienone is 1. The number of nitriles is 2. The minimum Gasteiger partial charge on any atom is -0.477 e. The third-order valence-electron chi connectivity index (χ3n) is 12.7. The summed E-state index contributed by atoms with van der Waals surface area (Å²) in [5.74, 6) is -1.23. The Morgan fingerprint density at radius 1 is 0.408 bits per heavy atom. The van der Waals surface area contributed by atoms with E-state index in [1.807, 2.05) is 55.5 Å². The first kappa shape index (κ1) is 49.7. The van der Waals surface area contributed by atoms with Gasteiger partial charge in [0.05, 0.1) is 11.8 Å². The monoisotopic (exact) mass is 1020 g/mol. The summed E-state index contributed by atoms with van der Waals surface area (Å²) in [6.07, 6.45) is 3.28. The van der Waals surface area contributed by atoms with Crippen LogP contribution >= 0.6 is 22.7 Å². The van der Waals surface area contributed by atoms with Gasteiger partial charge in [-0.2, -0.15) is 10.5 Å². The highest BCUT2D eigenvalue weighted by Crippen LogP contribution is 2.42. The predicted octanol–water partition coefficient (Wildman–Crippen LogP) is 19.2. The third-order valence-corrected chi connectivity index (χ3v) is 15.1. The number of para-hydroxylation sites is 3. The fourth-order valence-corrected chi connectivity index (χ4v) is 11.0. The molecule has 0 amide bonds. The maximum atomic E-state index is 11.1. The van der Waals surface area contributed by atoms with E-state index in [1.54, 1.807) is 28.7 Å². The van der Waals surface area contributed by atoms with Crippen molar-refractivity contribution in [3.05, 3.63) is 277 Å². The van der Waals surface area contributed by atoms with E-state index >= 15 is 0 Å². The molecule has 0 atom stereocenters. The SMILES string of the molecule is C/C(C#N)=C/c1ccc(-c2ccc(-c3ccc(N(c4ccccc4)c4ccccc4)cc3)s2)cc1.N#C/C(=C\c1ccc(-c2ccc(-c3ccc(N(c4ccccc4)c4cccc5ccccc45)cc3)s2)cc1)C(=O)O. The van der Waals surface area contributed by atoms with Gasteiger partial charge < -0.3 is 14.9 Å². The number of thiophene rings is 2. The van der Waals surface area contributed by atoms with Crippen LogP contribution in [0, 0.1) is 22.7 Å². The number of carboxylic acid groups (broad SMARTS) is 1. The first-order valence-electron chi connectivity index (χ1n) is 24.6. The lowest BCUT2D eigenvalue weighted by Gasteiger charge is -2.27.